The third kappa shape index (κ3) is 3.15. The first-order valence-electron chi connectivity index (χ1n) is 6.84. The van der Waals surface area contributed by atoms with Gasteiger partial charge in [-0.05, 0) is 36.2 Å². The van der Waals surface area contributed by atoms with Crippen LogP contribution in [0.15, 0.2) is 36.7 Å². The summed E-state index contributed by atoms with van der Waals surface area (Å²) in [6, 6.07) is 8.49. The molecule has 1 aliphatic rings. The molecule has 0 atom stereocenters. The van der Waals surface area contributed by atoms with Gasteiger partial charge >= 0.3 is 0 Å². The van der Waals surface area contributed by atoms with Crippen molar-refractivity contribution in [2.24, 2.45) is 0 Å². The Morgan fingerprint density at radius 2 is 2.32 bits per heavy atom. The van der Waals surface area contributed by atoms with Crippen molar-refractivity contribution in [1.29, 1.82) is 0 Å². The van der Waals surface area contributed by atoms with Gasteiger partial charge < -0.3 is 10.1 Å². The van der Waals surface area contributed by atoms with Crippen molar-refractivity contribution >= 4 is 0 Å². The Kier molecular flexibility index (Phi) is 3.79. The van der Waals surface area contributed by atoms with Gasteiger partial charge in [-0.3, -0.25) is 4.68 Å². The Morgan fingerprint density at radius 1 is 1.32 bits per heavy atom. The van der Waals surface area contributed by atoms with Crippen LogP contribution in [-0.4, -0.2) is 29.5 Å². The minimum absolute atomic E-state index is 0.834. The van der Waals surface area contributed by atoms with Crippen molar-refractivity contribution in [3.05, 3.63) is 47.8 Å². The first kappa shape index (κ1) is 12.2. The first-order valence-corrected chi connectivity index (χ1v) is 6.84. The highest BCUT2D eigenvalue weighted by Crippen LogP contribution is 2.25. The highest BCUT2D eigenvalue weighted by atomic mass is 16.5. The Labute approximate surface area is 113 Å². The molecular formula is C15H19N3O. The normalized spacial score (nSPS) is 13.3. The predicted octanol–water partition coefficient (Wildman–Crippen LogP) is 1.65. The quantitative estimate of drug-likeness (QED) is 0.800. The zero-order chi connectivity index (χ0) is 12.9. The standard InChI is InChI=1S/C15H19N3O/c1-6-17-18(9-1)10-8-16-7-4-13-2-3-15-14(12-13)5-11-19-15/h1-3,6,9,12,16H,4-5,7-8,10-11H2. The highest BCUT2D eigenvalue weighted by molar-refractivity contribution is 5.39. The number of aromatic nitrogens is 2. The molecule has 0 saturated carbocycles. The minimum Gasteiger partial charge on any atom is -0.493 e. The zero-order valence-corrected chi connectivity index (χ0v) is 11.0. The van der Waals surface area contributed by atoms with Crippen LogP contribution in [0, 0.1) is 0 Å². The molecular weight excluding hydrogens is 238 g/mol. The van der Waals surface area contributed by atoms with E-state index in [1.807, 2.05) is 23.1 Å². The number of ether oxygens (including phenoxy) is 1. The van der Waals surface area contributed by atoms with E-state index in [-0.39, 0.29) is 0 Å². The van der Waals surface area contributed by atoms with Crippen LogP contribution in [0.5, 0.6) is 5.75 Å². The summed E-state index contributed by atoms with van der Waals surface area (Å²) in [5, 5.41) is 7.62. The number of rotatable bonds is 6. The van der Waals surface area contributed by atoms with Gasteiger partial charge in [-0.2, -0.15) is 5.10 Å². The lowest BCUT2D eigenvalue weighted by atomic mass is 10.1. The van der Waals surface area contributed by atoms with E-state index in [4.69, 9.17) is 4.74 Å². The molecule has 1 aromatic heterocycles. The fourth-order valence-electron chi connectivity index (χ4n) is 2.38. The number of hydrogen-bond acceptors (Lipinski definition) is 3. The topological polar surface area (TPSA) is 39.1 Å². The van der Waals surface area contributed by atoms with Crippen LogP contribution in [0.1, 0.15) is 11.1 Å². The summed E-state index contributed by atoms with van der Waals surface area (Å²) in [5.74, 6) is 1.07. The monoisotopic (exact) mass is 257 g/mol. The molecule has 1 aliphatic heterocycles. The van der Waals surface area contributed by atoms with Gasteiger partial charge in [-0.1, -0.05) is 12.1 Å². The molecule has 19 heavy (non-hydrogen) atoms. The van der Waals surface area contributed by atoms with Crippen LogP contribution in [-0.2, 0) is 19.4 Å². The summed E-state index contributed by atoms with van der Waals surface area (Å²) >= 11 is 0. The van der Waals surface area contributed by atoms with E-state index in [1.54, 1.807) is 0 Å². The van der Waals surface area contributed by atoms with Gasteiger partial charge in [-0.15, -0.1) is 0 Å². The molecule has 100 valence electrons. The van der Waals surface area contributed by atoms with Gasteiger partial charge in [0.2, 0.25) is 0 Å². The molecule has 4 nitrogen and oxygen atoms in total. The molecule has 0 spiro atoms. The summed E-state index contributed by atoms with van der Waals surface area (Å²) in [4.78, 5) is 0. The Balaban J connectivity index is 1.40. The lowest BCUT2D eigenvalue weighted by Crippen LogP contribution is -2.22. The van der Waals surface area contributed by atoms with Crippen LogP contribution < -0.4 is 10.1 Å². The molecule has 2 heterocycles. The second-order valence-corrected chi connectivity index (χ2v) is 4.81. The van der Waals surface area contributed by atoms with Crippen molar-refractivity contribution in [3.63, 3.8) is 0 Å². The SMILES string of the molecule is c1cnn(CCNCCc2ccc3c(c2)CCO3)c1. The summed E-state index contributed by atoms with van der Waals surface area (Å²) in [6.45, 7) is 3.71. The molecule has 0 bridgehead atoms. The Morgan fingerprint density at radius 3 is 3.21 bits per heavy atom. The van der Waals surface area contributed by atoms with Crippen LogP contribution in [0.3, 0.4) is 0 Å². The summed E-state index contributed by atoms with van der Waals surface area (Å²) in [5.41, 5.74) is 2.74. The zero-order valence-electron chi connectivity index (χ0n) is 11.0. The highest BCUT2D eigenvalue weighted by Gasteiger charge is 2.11. The first-order chi connectivity index (χ1) is 9.42. The van der Waals surface area contributed by atoms with Crippen molar-refractivity contribution in [1.82, 2.24) is 15.1 Å². The lowest BCUT2D eigenvalue weighted by molar-refractivity contribution is 0.357. The summed E-state index contributed by atoms with van der Waals surface area (Å²) in [7, 11) is 0. The molecule has 4 heteroatoms. The van der Waals surface area contributed by atoms with E-state index in [9.17, 15) is 0 Å². The van der Waals surface area contributed by atoms with E-state index in [0.717, 1.165) is 44.8 Å². The Hall–Kier alpha value is -1.81. The number of nitrogens with one attached hydrogen (secondary N) is 1. The molecule has 0 radical (unpaired) electrons. The average Bonchev–Trinajstić information content (AvgIpc) is 3.08. The maximum atomic E-state index is 5.51. The predicted molar refractivity (Wildman–Crippen MR) is 74.4 cm³/mol. The van der Waals surface area contributed by atoms with Crippen molar-refractivity contribution in [2.75, 3.05) is 19.7 Å². The summed E-state index contributed by atoms with van der Waals surface area (Å²) < 4.78 is 7.46. The molecule has 0 amide bonds. The maximum Gasteiger partial charge on any atom is 0.122 e. The fraction of sp³-hybridized carbons (Fsp3) is 0.400. The van der Waals surface area contributed by atoms with Crippen LogP contribution >= 0.6 is 0 Å². The molecule has 1 aromatic carbocycles. The second-order valence-electron chi connectivity index (χ2n) is 4.81. The van der Waals surface area contributed by atoms with E-state index in [1.165, 1.54) is 11.1 Å². The largest absolute Gasteiger partial charge is 0.493 e. The average molecular weight is 257 g/mol. The molecule has 3 rings (SSSR count). The third-order valence-electron chi connectivity index (χ3n) is 3.42. The van der Waals surface area contributed by atoms with Crippen molar-refractivity contribution in [2.45, 2.75) is 19.4 Å². The van der Waals surface area contributed by atoms with E-state index >= 15 is 0 Å². The number of fused-ring (bicyclic) bond motifs is 1. The molecule has 1 N–H and O–H groups in total. The van der Waals surface area contributed by atoms with Gasteiger partial charge in [0.05, 0.1) is 13.2 Å². The molecule has 0 unspecified atom stereocenters. The lowest BCUT2D eigenvalue weighted by Gasteiger charge is -2.06. The number of hydrogen-bond donors (Lipinski definition) is 1. The van der Waals surface area contributed by atoms with E-state index in [0.29, 0.717) is 0 Å². The molecule has 0 fully saturated rings. The van der Waals surface area contributed by atoms with Gasteiger partial charge in [0, 0.05) is 25.4 Å². The smallest absolute Gasteiger partial charge is 0.122 e. The third-order valence-corrected chi connectivity index (χ3v) is 3.42. The van der Waals surface area contributed by atoms with Crippen molar-refractivity contribution in [3.8, 4) is 5.75 Å². The van der Waals surface area contributed by atoms with E-state index < -0.39 is 0 Å². The summed E-state index contributed by atoms with van der Waals surface area (Å²) in [6.07, 6.45) is 5.91. The van der Waals surface area contributed by atoms with Crippen LogP contribution in [0.2, 0.25) is 0 Å². The Bertz CT molecular complexity index is 522. The van der Waals surface area contributed by atoms with Crippen molar-refractivity contribution < 1.29 is 4.74 Å². The van der Waals surface area contributed by atoms with Crippen LogP contribution in [0.25, 0.3) is 0 Å². The van der Waals surface area contributed by atoms with Gasteiger partial charge in [0.15, 0.2) is 0 Å². The maximum absolute atomic E-state index is 5.51. The molecule has 0 aliphatic carbocycles. The number of benzene rings is 1. The van der Waals surface area contributed by atoms with E-state index in [2.05, 4.69) is 28.6 Å². The minimum atomic E-state index is 0.834. The fourth-order valence-corrected chi connectivity index (χ4v) is 2.38. The molecule has 0 saturated heterocycles. The van der Waals surface area contributed by atoms with Gasteiger partial charge in [0.1, 0.15) is 5.75 Å². The van der Waals surface area contributed by atoms with Crippen LogP contribution in [0.4, 0.5) is 0 Å². The van der Waals surface area contributed by atoms with Gasteiger partial charge in [0.25, 0.3) is 0 Å². The van der Waals surface area contributed by atoms with Gasteiger partial charge in [-0.25, -0.2) is 0 Å². The second kappa shape index (κ2) is 5.89. The number of nitrogens with zero attached hydrogens (tertiary/aromatic N) is 2. The molecule has 2 aromatic rings.